The highest BCUT2D eigenvalue weighted by atomic mass is 32.2. The van der Waals surface area contributed by atoms with Crippen LogP contribution in [0.2, 0.25) is 0 Å². The molecule has 4 rings (SSSR count). The molecule has 0 unspecified atom stereocenters. The van der Waals surface area contributed by atoms with Gasteiger partial charge in [0.2, 0.25) is 11.8 Å². The molecule has 0 aliphatic carbocycles. The second-order valence-electron chi connectivity index (χ2n) is 7.59. The van der Waals surface area contributed by atoms with E-state index in [2.05, 4.69) is 10.3 Å². The number of nitrogens with one attached hydrogen (secondary N) is 1. The maximum Gasteiger partial charge on any atom is 0.234 e. The van der Waals surface area contributed by atoms with Crippen molar-refractivity contribution >= 4 is 40.4 Å². The third-order valence-electron chi connectivity index (χ3n) is 5.27. The Labute approximate surface area is 180 Å². The summed E-state index contributed by atoms with van der Waals surface area (Å²) in [5.41, 5.74) is 3.57. The van der Waals surface area contributed by atoms with E-state index in [9.17, 15) is 9.59 Å². The average Bonchev–Trinajstić information content (AvgIpc) is 3.18. The average molecular weight is 424 g/mol. The Morgan fingerprint density at radius 2 is 1.93 bits per heavy atom. The van der Waals surface area contributed by atoms with Gasteiger partial charge in [0.05, 0.1) is 11.5 Å². The van der Waals surface area contributed by atoms with Gasteiger partial charge in [-0.05, 0) is 49.6 Å². The highest BCUT2D eigenvalue weighted by molar-refractivity contribution is 8.00. The van der Waals surface area contributed by atoms with Crippen molar-refractivity contribution in [3.8, 4) is 0 Å². The van der Waals surface area contributed by atoms with Gasteiger partial charge in [0.15, 0.2) is 11.5 Å². The Hall–Kier alpha value is -2.80. The molecule has 30 heavy (non-hydrogen) atoms. The standard InChI is InChI=1S/C23H25N3O3S/c1-16-5-4-6-18(13-16)24-21(27)14-30-15-22(28)26-11-9-17(10-12-26)23-25-19-7-2-3-8-20(19)29-23/h2-8,13,17H,9-12,14-15H2,1H3,(H,24,27). The minimum absolute atomic E-state index is 0.0828. The molecule has 1 aromatic heterocycles. The molecule has 156 valence electrons. The van der Waals surface area contributed by atoms with Gasteiger partial charge in [-0.3, -0.25) is 9.59 Å². The van der Waals surface area contributed by atoms with E-state index in [1.165, 1.54) is 11.8 Å². The monoisotopic (exact) mass is 423 g/mol. The zero-order valence-electron chi connectivity index (χ0n) is 17.0. The molecule has 2 aromatic carbocycles. The molecular formula is C23H25N3O3S. The Bertz CT molecular complexity index is 1010. The second-order valence-corrected chi connectivity index (χ2v) is 8.57. The zero-order chi connectivity index (χ0) is 20.9. The van der Waals surface area contributed by atoms with Crippen LogP contribution in [-0.4, -0.2) is 46.3 Å². The minimum atomic E-state index is -0.0898. The predicted molar refractivity (Wildman–Crippen MR) is 120 cm³/mol. The molecule has 0 spiro atoms. The summed E-state index contributed by atoms with van der Waals surface area (Å²) in [6.07, 6.45) is 1.69. The molecule has 0 radical (unpaired) electrons. The number of piperidine rings is 1. The normalized spacial score (nSPS) is 14.8. The van der Waals surface area contributed by atoms with Crippen molar-refractivity contribution in [2.75, 3.05) is 29.9 Å². The van der Waals surface area contributed by atoms with Crippen LogP contribution in [0, 0.1) is 6.92 Å². The number of para-hydroxylation sites is 2. The van der Waals surface area contributed by atoms with Crippen molar-refractivity contribution in [1.82, 2.24) is 9.88 Å². The lowest BCUT2D eigenvalue weighted by atomic mass is 9.97. The first-order valence-electron chi connectivity index (χ1n) is 10.2. The number of rotatable bonds is 6. The molecule has 6 nitrogen and oxygen atoms in total. The number of thioether (sulfide) groups is 1. The fraction of sp³-hybridized carbons (Fsp3) is 0.348. The molecule has 0 saturated carbocycles. The van der Waals surface area contributed by atoms with Gasteiger partial charge in [0.25, 0.3) is 0 Å². The molecule has 2 heterocycles. The molecule has 3 aromatic rings. The van der Waals surface area contributed by atoms with E-state index in [1.807, 2.05) is 60.4 Å². The van der Waals surface area contributed by atoms with Gasteiger partial charge in [-0.2, -0.15) is 0 Å². The van der Waals surface area contributed by atoms with Crippen molar-refractivity contribution in [3.63, 3.8) is 0 Å². The maximum absolute atomic E-state index is 12.5. The number of carbonyl (C=O) groups excluding carboxylic acids is 2. The van der Waals surface area contributed by atoms with E-state index in [4.69, 9.17) is 4.42 Å². The van der Waals surface area contributed by atoms with E-state index in [0.29, 0.717) is 18.8 Å². The number of hydrogen-bond donors (Lipinski definition) is 1. The summed E-state index contributed by atoms with van der Waals surface area (Å²) in [4.78, 5) is 31.1. The fourth-order valence-electron chi connectivity index (χ4n) is 3.68. The van der Waals surface area contributed by atoms with Crippen molar-refractivity contribution in [1.29, 1.82) is 0 Å². The molecule has 1 aliphatic heterocycles. The largest absolute Gasteiger partial charge is 0.440 e. The van der Waals surface area contributed by atoms with E-state index >= 15 is 0 Å². The molecular weight excluding hydrogens is 398 g/mol. The first kappa shape index (κ1) is 20.5. The molecule has 1 N–H and O–H groups in total. The van der Waals surface area contributed by atoms with E-state index in [1.54, 1.807) is 0 Å². The summed E-state index contributed by atoms with van der Waals surface area (Å²) in [5, 5.41) is 2.87. The quantitative estimate of drug-likeness (QED) is 0.643. The van der Waals surface area contributed by atoms with Crippen LogP contribution in [0.4, 0.5) is 5.69 Å². The number of likely N-dealkylation sites (tertiary alicyclic amines) is 1. The van der Waals surface area contributed by atoms with Gasteiger partial charge in [-0.25, -0.2) is 4.98 Å². The van der Waals surface area contributed by atoms with Crippen molar-refractivity contribution in [2.45, 2.75) is 25.7 Å². The summed E-state index contributed by atoms with van der Waals surface area (Å²) in [6.45, 7) is 3.37. The summed E-state index contributed by atoms with van der Waals surface area (Å²) in [7, 11) is 0. The number of hydrogen-bond acceptors (Lipinski definition) is 5. The predicted octanol–water partition coefficient (Wildman–Crippen LogP) is 4.21. The number of aryl methyl sites for hydroxylation is 1. The smallest absolute Gasteiger partial charge is 0.234 e. The van der Waals surface area contributed by atoms with Crippen molar-refractivity contribution in [3.05, 3.63) is 60.0 Å². The summed E-state index contributed by atoms with van der Waals surface area (Å²) in [5.74, 6) is 1.58. The summed E-state index contributed by atoms with van der Waals surface area (Å²) in [6, 6.07) is 15.5. The molecule has 2 amide bonds. The van der Waals surface area contributed by atoms with Crippen LogP contribution in [-0.2, 0) is 9.59 Å². The molecule has 1 fully saturated rings. The molecule has 1 saturated heterocycles. The summed E-state index contributed by atoms with van der Waals surface area (Å²) >= 11 is 1.35. The lowest BCUT2D eigenvalue weighted by molar-refractivity contribution is -0.129. The number of amides is 2. The number of nitrogens with zero attached hydrogens (tertiary/aromatic N) is 2. The van der Waals surface area contributed by atoms with Gasteiger partial charge in [0, 0.05) is 24.7 Å². The van der Waals surface area contributed by atoms with Crippen LogP contribution >= 0.6 is 11.8 Å². The van der Waals surface area contributed by atoms with Crippen LogP contribution in [0.5, 0.6) is 0 Å². The number of oxazole rings is 1. The van der Waals surface area contributed by atoms with E-state index in [0.717, 1.165) is 41.1 Å². The fourth-order valence-corrected chi connectivity index (χ4v) is 4.40. The van der Waals surface area contributed by atoms with E-state index < -0.39 is 0 Å². The number of fused-ring (bicyclic) bond motifs is 1. The first-order valence-corrected chi connectivity index (χ1v) is 11.3. The highest BCUT2D eigenvalue weighted by Gasteiger charge is 2.27. The topological polar surface area (TPSA) is 75.4 Å². The van der Waals surface area contributed by atoms with Gasteiger partial charge < -0.3 is 14.6 Å². The number of aromatic nitrogens is 1. The minimum Gasteiger partial charge on any atom is -0.440 e. The van der Waals surface area contributed by atoms with Crippen LogP contribution in [0.15, 0.2) is 52.9 Å². The third-order valence-corrected chi connectivity index (χ3v) is 6.19. The van der Waals surface area contributed by atoms with Gasteiger partial charge in [0.1, 0.15) is 5.52 Å². The van der Waals surface area contributed by atoms with Crippen LogP contribution in [0.25, 0.3) is 11.1 Å². The lowest BCUT2D eigenvalue weighted by Crippen LogP contribution is -2.39. The van der Waals surface area contributed by atoms with E-state index in [-0.39, 0.29) is 23.5 Å². The lowest BCUT2D eigenvalue weighted by Gasteiger charge is -2.30. The summed E-state index contributed by atoms with van der Waals surface area (Å²) < 4.78 is 5.89. The number of anilines is 1. The second kappa shape index (κ2) is 9.34. The Morgan fingerprint density at radius 3 is 2.70 bits per heavy atom. The third kappa shape index (κ3) is 5.02. The van der Waals surface area contributed by atoms with Crippen molar-refractivity contribution < 1.29 is 14.0 Å². The molecule has 0 atom stereocenters. The first-order chi connectivity index (χ1) is 14.6. The SMILES string of the molecule is Cc1cccc(NC(=O)CSCC(=O)N2CCC(c3nc4ccccc4o3)CC2)c1. The maximum atomic E-state index is 12.5. The molecule has 1 aliphatic rings. The highest BCUT2D eigenvalue weighted by Crippen LogP contribution is 2.30. The number of carbonyl (C=O) groups is 2. The number of benzene rings is 2. The van der Waals surface area contributed by atoms with Crippen LogP contribution < -0.4 is 5.32 Å². The van der Waals surface area contributed by atoms with Crippen LogP contribution in [0.3, 0.4) is 0 Å². The molecule has 7 heteroatoms. The molecule has 0 bridgehead atoms. The Morgan fingerprint density at radius 1 is 1.13 bits per heavy atom. The van der Waals surface area contributed by atoms with Crippen LogP contribution in [0.1, 0.15) is 30.2 Å². The Kier molecular flexibility index (Phi) is 6.38. The Balaban J connectivity index is 1.20. The van der Waals surface area contributed by atoms with Gasteiger partial charge >= 0.3 is 0 Å². The van der Waals surface area contributed by atoms with Gasteiger partial charge in [-0.1, -0.05) is 24.3 Å². The van der Waals surface area contributed by atoms with Crippen molar-refractivity contribution in [2.24, 2.45) is 0 Å². The zero-order valence-corrected chi connectivity index (χ0v) is 17.8. The van der Waals surface area contributed by atoms with Gasteiger partial charge in [-0.15, -0.1) is 11.8 Å².